The minimum absolute atomic E-state index is 0.0600. The number of nitrogens with zero attached hydrogens (tertiary/aromatic N) is 3. The third-order valence-corrected chi connectivity index (χ3v) is 3.28. The summed E-state index contributed by atoms with van der Waals surface area (Å²) in [7, 11) is 0. The van der Waals surface area contributed by atoms with Gasteiger partial charge in [-0.3, -0.25) is 14.7 Å². The molecule has 0 bridgehead atoms. The first-order valence-electron chi connectivity index (χ1n) is 5.86. The normalized spacial score (nSPS) is 10.6. The van der Waals surface area contributed by atoms with E-state index in [1.165, 1.54) is 22.8 Å². The number of halogens is 1. The van der Waals surface area contributed by atoms with Crippen molar-refractivity contribution in [2.45, 2.75) is 20.4 Å². The van der Waals surface area contributed by atoms with Crippen LogP contribution in [0.3, 0.4) is 0 Å². The third-order valence-electron chi connectivity index (χ3n) is 2.92. The Morgan fingerprint density at radius 3 is 2.65 bits per heavy atom. The van der Waals surface area contributed by atoms with Gasteiger partial charge in [-0.15, -0.1) is 0 Å². The van der Waals surface area contributed by atoms with Crippen molar-refractivity contribution in [3.8, 4) is 0 Å². The number of nitro benzene ring substituents is 1. The lowest BCUT2D eigenvalue weighted by molar-refractivity contribution is -0.384. The second-order valence-electron chi connectivity index (χ2n) is 4.44. The first-order valence-corrected chi connectivity index (χ1v) is 6.24. The maximum Gasteiger partial charge on any atom is 0.348 e. The van der Waals surface area contributed by atoms with Gasteiger partial charge in [0.2, 0.25) is 0 Å². The Hall–Kier alpha value is -2.21. The van der Waals surface area contributed by atoms with Crippen LogP contribution >= 0.6 is 11.6 Å². The van der Waals surface area contributed by atoms with Gasteiger partial charge >= 0.3 is 5.69 Å². The summed E-state index contributed by atoms with van der Waals surface area (Å²) < 4.78 is 1.43. The first-order chi connectivity index (χ1) is 9.38. The quantitative estimate of drug-likeness (QED) is 0.643. The Labute approximate surface area is 119 Å². The van der Waals surface area contributed by atoms with Crippen LogP contribution in [0, 0.1) is 24.0 Å². The molecule has 0 fully saturated rings. The summed E-state index contributed by atoms with van der Waals surface area (Å²) in [6, 6.07) is 5.92. The predicted octanol–water partition coefficient (Wildman–Crippen LogP) is 2.47. The molecule has 0 unspecified atom stereocenters. The summed E-state index contributed by atoms with van der Waals surface area (Å²) in [5.41, 5.74) is 1.41. The molecule has 2 aromatic rings. The molecule has 7 heteroatoms. The van der Waals surface area contributed by atoms with E-state index in [0.29, 0.717) is 16.3 Å². The van der Waals surface area contributed by atoms with Crippen LogP contribution in [0.1, 0.15) is 17.0 Å². The van der Waals surface area contributed by atoms with Gasteiger partial charge in [-0.05, 0) is 31.5 Å². The van der Waals surface area contributed by atoms with Crippen molar-refractivity contribution in [2.75, 3.05) is 0 Å². The van der Waals surface area contributed by atoms with E-state index in [0.717, 1.165) is 5.69 Å². The number of aryl methyl sites for hydroxylation is 2. The molecular formula is C13H12ClN3O3. The van der Waals surface area contributed by atoms with Crippen molar-refractivity contribution in [1.82, 2.24) is 9.55 Å². The Morgan fingerprint density at radius 1 is 1.35 bits per heavy atom. The Morgan fingerprint density at radius 2 is 2.05 bits per heavy atom. The average Bonchev–Trinajstić information content (AvgIpc) is 2.35. The molecule has 0 aliphatic carbocycles. The molecule has 6 nitrogen and oxygen atoms in total. The van der Waals surface area contributed by atoms with Gasteiger partial charge in [0.15, 0.2) is 0 Å². The highest BCUT2D eigenvalue weighted by Gasteiger charge is 2.12. The highest BCUT2D eigenvalue weighted by atomic mass is 35.5. The zero-order valence-electron chi connectivity index (χ0n) is 11.0. The number of hydrogen-bond acceptors (Lipinski definition) is 4. The molecule has 0 amide bonds. The van der Waals surface area contributed by atoms with Crippen LogP contribution in [0.5, 0.6) is 0 Å². The van der Waals surface area contributed by atoms with E-state index in [9.17, 15) is 14.9 Å². The zero-order valence-corrected chi connectivity index (χ0v) is 11.7. The van der Waals surface area contributed by atoms with Gasteiger partial charge in [-0.1, -0.05) is 11.6 Å². The Kier molecular flexibility index (Phi) is 3.85. The molecule has 0 N–H and O–H groups in total. The van der Waals surface area contributed by atoms with E-state index in [-0.39, 0.29) is 12.2 Å². The monoisotopic (exact) mass is 293 g/mol. The molecule has 20 heavy (non-hydrogen) atoms. The van der Waals surface area contributed by atoms with Crippen LogP contribution in [0.25, 0.3) is 0 Å². The molecule has 1 aromatic carbocycles. The van der Waals surface area contributed by atoms with Crippen molar-refractivity contribution in [1.29, 1.82) is 0 Å². The van der Waals surface area contributed by atoms with Gasteiger partial charge in [0.25, 0.3) is 5.69 Å². The molecule has 0 aliphatic heterocycles. The number of nitro groups is 1. The summed E-state index contributed by atoms with van der Waals surface area (Å²) in [6.07, 6.45) is 0. The van der Waals surface area contributed by atoms with Crippen LogP contribution < -0.4 is 5.69 Å². The first kappa shape index (κ1) is 14.2. The minimum atomic E-state index is -0.497. The number of non-ortho nitro benzene ring substituents is 1. The molecule has 104 valence electrons. The lowest BCUT2D eigenvalue weighted by Crippen LogP contribution is -2.26. The van der Waals surface area contributed by atoms with Gasteiger partial charge in [0, 0.05) is 28.5 Å². The summed E-state index contributed by atoms with van der Waals surface area (Å²) >= 11 is 6.03. The number of aromatic nitrogens is 2. The average molecular weight is 294 g/mol. The van der Waals surface area contributed by atoms with E-state index in [2.05, 4.69) is 4.98 Å². The SMILES string of the molecule is Cc1cc(C)n(Cc2cc([N+](=O)[O-])ccc2Cl)c(=O)n1. The van der Waals surface area contributed by atoms with Crippen molar-refractivity contribution in [3.05, 3.63) is 66.8 Å². The fraction of sp³-hybridized carbons (Fsp3) is 0.231. The molecule has 0 atom stereocenters. The van der Waals surface area contributed by atoms with E-state index >= 15 is 0 Å². The summed E-state index contributed by atoms with van der Waals surface area (Å²) in [6.45, 7) is 3.67. The predicted molar refractivity (Wildman–Crippen MR) is 75.2 cm³/mol. The zero-order chi connectivity index (χ0) is 14.9. The molecular weight excluding hydrogens is 282 g/mol. The van der Waals surface area contributed by atoms with Crippen molar-refractivity contribution in [2.24, 2.45) is 0 Å². The second-order valence-corrected chi connectivity index (χ2v) is 4.85. The molecule has 0 radical (unpaired) electrons. The number of hydrogen-bond donors (Lipinski definition) is 0. The third kappa shape index (κ3) is 2.85. The maximum atomic E-state index is 11.9. The largest absolute Gasteiger partial charge is 0.348 e. The number of rotatable bonds is 3. The minimum Gasteiger partial charge on any atom is -0.292 e. The molecule has 1 heterocycles. The van der Waals surface area contributed by atoms with E-state index in [1.807, 2.05) is 0 Å². The highest BCUT2D eigenvalue weighted by molar-refractivity contribution is 6.31. The molecule has 0 saturated carbocycles. The van der Waals surface area contributed by atoms with Gasteiger partial charge in [-0.25, -0.2) is 4.79 Å². The van der Waals surface area contributed by atoms with Crippen LogP contribution in [0.4, 0.5) is 5.69 Å². The van der Waals surface area contributed by atoms with E-state index < -0.39 is 10.6 Å². The van der Waals surface area contributed by atoms with E-state index in [1.54, 1.807) is 19.9 Å². The molecule has 0 saturated heterocycles. The molecule has 0 spiro atoms. The Balaban J connectivity index is 2.47. The van der Waals surface area contributed by atoms with Gasteiger partial charge in [0.05, 0.1) is 11.5 Å². The van der Waals surface area contributed by atoms with Gasteiger partial charge in [0.1, 0.15) is 0 Å². The fourth-order valence-corrected chi connectivity index (χ4v) is 2.11. The maximum absolute atomic E-state index is 11.9. The smallest absolute Gasteiger partial charge is 0.292 e. The second kappa shape index (κ2) is 5.42. The van der Waals surface area contributed by atoms with Crippen LogP contribution in [-0.2, 0) is 6.54 Å². The topological polar surface area (TPSA) is 78.0 Å². The van der Waals surface area contributed by atoms with Crippen LogP contribution in [0.15, 0.2) is 29.1 Å². The van der Waals surface area contributed by atoms with Crippen molar-refractivity contribution < 1.29 is 4.92 Å². The van der Waals surface area contributed by atoms with Crippen LogP contribution in [0.2, 0.25) is 5.02 Å². The van der Waals surface area contributed by atoms with Gasteiger partial charge in [-0.2, -0.15) is 4.98 Å². The summed E-state index contributed by atoms with van der Waals surface area (Å²) in [4.78, 5) is 26.0. The van der Waals surface area contributed by atoms with Crippen molar-refractivity contribution >= 4 is 17.3 Å². The lowest BCUT2D eigenvalue weighted by Gasteiger charge is -2.10. The fourth-order valence-electron chi connectivity index (χ4n) is 1.93. The highest BCUT2D eigenvalue weighted by Crippen LogP contribution is 2.22. The summed E-state index contributed by atoms with van der Waals surface area (Å²) in [5, 5.41) is 11.2. The standard InChI is InChI=1S/C13H12ClN3O3/c1-8-5-9(2)16(13(18)15-8)7-10-6-11(17(19)20)3-4-12(10)14/h3-6H,7H2,1-2H3. The molecule has 2 rings (SSSR count). The van der Waals surface area contributed by atoms with Gasteiger partial charge < -0.3 is 0 Å². The Bertz CT molecular complexity index is 740. The molecule has 1 aromatic heterocycles. The van der Waals surface area contributed by atoms with Crippen LogP contribution in [-0.4, -0.2) is 14.5 Å². The van der Waals surface area contributed by atoms with E-state index in [4.69, 9.17) is 11.6 Å². The lowest BCUT2D eigenvalue weighted by atomic mass is 10.2. The summed E-state index contributed by atoms with van der Waals surface area (Å²) in [5.74, 6) is 0. The van der Waals surface area contributed by atoms with Crippen molar-refractivity contribution in [3.63, 3.8) is 0 Å². The molecule has 0 aliphatic rings. The number of benzene rings is 1.